The number of hydrogen-bond donors (Lipinski definition) is 2. The van der Waals surface area contributed by atoms with Crippen molar-refractivity contribution in [3.63, 3.8) is 0 Å². The first-order valence-corrected chi connectivity index (χ1v) is 6.69. The molecule has 1 amide bonds. The van der Waals surface area contributed by atoms with Crippen molar-refractivity contribution in [2.45, 2.75) is 33.2 Å². The topological polar surface area (TPSA) is 59.0 Å². The third kappa shape index (κ3) is 3.28. The highest BCUT2D eigenvalue weighted by molar-refractivity contribution is 5.85. The largest absolute Gasteiger partial charge is 0.352 e. The van der Waals surface area contributed by atoms with Gasteiger partial charge in [-0.25, -0.2) is 0 Å². The van der Waals surface area contributed by atoms with Crippen LogP contribution in [-0.4, -0.2) is 28.8 Å². The van der Waals surface area contributed by atoms with Crippen LogP contribution < -0.4 is 10.6 Å². The van der Waals surface area contributed by atoms with Crippen molar-refractivity contribution in [1.29, 1.82) is 0 Å². The number of aryl methyl sites for hydroxylation is 2. The molecule has 1 aromatic rings. The van der Waals surface area contributed by atoms with Crippen LogP contribution in [0, 0.1) is 5.92 Å². The van der Waals surface area contributed by atoms with Crippen molar-refractivity contribution < 1.29 is 4.79 Å². The Labute approximate surface area is 120 Å². The predicted octanol–water partition coefficient (Wildman–Crippen LogP) is 0.802. The summed E-state index contributed by atoms with van der Waals surface area (Å²) >= 11 is 0. The molecule has 0 saturated carbocycles. The van der Waals surface area contributed by atoms with E-state index in [1.165, 1.54) is 11.3 Å². The minimum Gasteiger partial charge on any atom is -0.352 e. The highest BCUT2D eigenvalue weighted by atomic mass is 35.5. The lowest BCUT2D eigenvalue weighted by atomic mass is 10.0. The molecule has 0 bridgehead atoms. The summed E-state index contributed by atoms with van der Waals surface area (Å²) in [7, 11) is 1.97. The molecule has 2 rings (SSSR count). The fraction of sp³-hybridized carbons (Fsp3) is 0.692. The molecular formula is C13H23ClN4O. The first kappa shape index (κ1) is 16.0. The van der Waals surface area contributed by atoms with Crippen LogP contribution in [0.15, 0.2) is 0 Å². The Kier molecular flexibility index (Phi) is 5.82. The molecule has 1 aromatic heterocycles. The predicted molar refractivity (Wildman–Crippen MR) is 77.4 cm³/mol. The van der Waals surface area contributed by atoms with Crippen LogP contribution in [0.25, 0.3) is 0 Å². The minimum atomic E-state index is 0. The molecule has 5 nitrogen and oxygen atoms in total. The average molecular weight is 287 g/mol. The van der Waals surface area contributed by atoms with E-state index >= 15 is 0 Å². The summed E-state index contributed by atoms with van der Waals surface area (Å²) in [5.41, 5.74) is 3.52. The van der Waals surface area contributed by atoms with E-state index in [0.29, 0.717) is 6.54 Å². The average Bonchev–Trinajstić information content (AvgIpc) is 2.59. The van der Waals surface area contributed by atoms with Crippen molar-refractivity contribution in [3.8, 4) is 0 Å². The van der Waals surface area contributed by atoms with E-state index in [1.54, 1.807) is 0 Å². The van der Waals surface area contributed by atoms with E-state index < -0.39 is 0 Å². The van der Waals surface area contributed by atoms with Gasteiger partial charge in [0.15, 0.2) is 0 Å². The highest BCUT2D eigenvalue weighted by Gasteiger charge is 2.25. The maximum absolute atomic E-state index is 11.8. The Balaban J connectivity index is 0.00000180. The zero-order valence-corrected chi connectivity index (χ0v) is 12.6. The Morgan fingerprint density at radius 1 is 1.42 bits per heavy atom. The van der Waals surface area contributed by atoms with Crippen molar-refractivity contribution >= 4 is 18.3 Å². The van der Waals surface area contributed by atoms with Crippen LogP contribution in [0.2, 0.25) is 0 Å². The number of nitrogens with zero attached hydrogens (tertiary/aromatic N) is 2. The molecule has 1 aliphatic rings. The molecular weight excluding hydrogens is 264 g/mol. The molecule has 0 spiro atoms. The molecule has 0 radical (unpaired) electrons. The Bertz CT molecular complexity index is 440. The maximum Gasteiger partial charge on any atom is 0.225 e. The molecule has 108 valence electrons. The van der Waals surface area contributed by atoms with E-state index in [-0.39, 0.29) is 24.2 Å². The van der Waals surface area contributed by atoms with Crippen LogP contribution in [-0.2, 0) is 31.2 Å². The molecule has 0 unspecified atom stereocenters. The highest BCUT2D eigenvalue weighted by Crippen LogP contribution is 2.15. The molecule has 2 N–H and O–H groups in total. The van der Waals surface area contributed by atoms with Gasteiger partial charge in [-0.05, 0) is 12.8 Å². The Hall–Kier alpha value is -1.07. The first-order valence-electron chi connectivity index (χ1n) is 6.69. The third-order valence-corrected chi connectivity index (χ3v) is 3.62. The number of halogens is 1. The molecule has 0 aromatic carbocycles. The number of nitrogens with one attached hydrogen (secondary N) is 2. The van der Waals surface area contributed by atoms with Crippen molar-refractivity contribution in [3.05, 3.63) is 17.0 Å². The number of carbonyl (C=O) groups excluding carboxylic acids is 1. The molecule has 1 aliphatic heterocycles. The summed E-state index contributed by atoms with van der Waals surface area (Å²) in [5.74, 6) is 0.304. The SMILES string of the molecule is CCc1nn(C)c(CC)c1CNC(=O)C1CNC1.Cl. The second-order valence-electron chi connectivity index (χ2n) is 4.78. The van der Waals surface area contributed by atoms with Crippen LogP contribution in [0.1, 0.15) is 30.8 Å². The summed E-state index contributed by atoms with van der Waals surface area (Å²) in [6, 6.07) is 0. The maximum atomic E-state index is 11.8. The van der Waals surface area contributed by atoms with E-state index in [4.69, 9.17) is 0 Å². The van der Waals surface area contributed by atoms with Gasteiger partial charge in [0, 0.05) is 37.9 Å². The van der Waals surface area contributed by atoms with E-state index in [2.05, 4.69) is 29.6 Å². The van der Waals surface area contributed by atoms with Gasteiger partial charge in [-0.15, -0.1) is 12.4 Å². The van der Waals surface area contributed by atoms with Gasteiger partial charge in [0.1, 0.15) is 0 Å². The van der Waals surface area contributed by atoms with E-state index in [9.17, 15) is 4.79 Å². The molecule has 19 heavy (non-hydrogen) atoms. The van der Waals surface area contributed by atoms with Gasteiger partial charge in [-0.3, -0.25) is 9.48 Å². The van der Waals surface area contributed by atoms with Crippen LogP contribution in [0.5, 0.6) is 0 Å². The van der Waals surface area contributed by atoms with Crippen molar-refractivity contribution in [2.75, 3.05) is 13.1 Å². The van der Waals surface area contributed by atoms with E-state index in [0.717, 1.165) is 31.6 Å². The van der Waals surface area contributed by atoms with Crippen LogP contribution in [0.3, 0.4) is 0 Å². The summed E-state index contributed by atoms with van der Waals surface area (Å²) in [6.07, 6.45) is 1.85. The summed E-state index contributed by atoms with van der Waals surface area (Å²) in [5, 5.41) is 10.7. The number of amides is 1. The quantitative estimate of drug-likeness (QED) is 0.842. The van der Waals surface area contributed by atoms with E-state index in [1.807, 2.05) is 11.7 Å². The van der Waals surface area contributed by atoms with Gasteiger partial charge in [0.25, 0.3) is 0 Å². The molecule has 1 fully saturated rings. The summed E-state index contributed by atoms with van der Waals surface area (Å²) in [4.78, 5) is 11.8. The second-order valence-corrected chi connectivity index (χ2v) is 4.78. The number of carbonyl (C=O) groups is 1. The number of hydrogen-bond acceptors (Lipinski definition) is 3. The fourth-order valence-electron chi connectivity index (χ4n) is 2.39. The van der Waals surface area contributed by atoms with Gasteiger partial charge < -0.3 is 10.6 Å². The zero-order valence-electron chi connectivity index (χ0n) is 11.8. The van der Waals surface area contributed by atoms with Gasteiger partial charge in [-0.1, -0.05) is 13.8 Å². The molecule has 6 heteroatoms. The minimum absolute atomic E-state index is 0. The lowest BCUT2D eigenvalue weighted by molar-refractivity contribution is -0.126. The normalized spacial score (nSPS) is 14.7. The first-order chi connectivity index (χ1) is 8.67. The van der Waals surface area contributed by atoms with Gasteiger partial charge in [-0.2, -0.15) is 5.10 Å². The van der Waals surface area contributed by atoms with Crippen LogP contribution in [0.4, 0.5) is 0 Å². The van der Waals surface area contributed by atoms with Gasteiger partial charge >= 0.3 is 0 Å². The second kappa shape index (κ2) is 6.91. The van der Waals surface area contributed by atoms with Gasteiger partial charge in [0.05, 0.1) is 11.6 Å². The smallest absolute Gasteiger partial charge is 0.225 e. The summed E-state index contributed by atoms with van der Waals surface area (Å²) in [6.45, 7) is 6.44. The zero-order chi connectivity index (χ0) is 13.1. The Morgan fingerprint density at radius 2 is 2.11 bits per heavy atom. The van der Waals surface area contributed by atoms with Crippen molar-refractivity contribution in [1.82, 2.24) is 20.4 Å². The van der Waals surface area contributed by atoms with Gasteiger partial charge in [0.2, 0.25) is 5.91 Å². The molecule has 0 atom stereocenters. The Morgan fingerprint density at radius 3 is 2.58 bits per heavy atom. The molecule has 1 saturated heterocycles. The molecule has 0 aliphatic carbocycles. The fourth-order valence-corrected chi connectivity index (χ4v) is 2.39. The molecule has 2 heterocycles. The lowest BCUT2D eigenvalue weighted by Gasteiger charge is -2.25. The van der Waals surface area contributed by atoms with Crippen molar-refractivity contribution in [2.24, 2.45) is 13.0 Å². The standard InChI is InChI=1S/C13H22N4O.ClH/c1-4-11-10(12(5-2)17(3)16-11)8-15-13(18)9-6-14-7-9;/h9,14H,4-8H2,1-3H3,(H,15,18);1H. The number of aromatic nitrogens is 2. The monoisotopic (exact) mass is 286 g/mol. The number of rotatable bonds is 5. The third-order valence-electron chi connectivity index (χ3n) is 3.62. The lowest BCUT2D eigenvalue weighted by Crippen LogP contribution is -2.50. The van der Waals surface area contributed by atoms with Crippen LogP contribution >= 0.6 is 12.4 Å². The summed E-state index contributed by atoms with van der Waals surface area (Å²) < 4.78 is 1.94.